The molecule has 0 spiro atoms. The van der Waals surface area contributed by atoms with Crippen LogP contribution in [0.5, 0.6) is 0 Å². The Hall–Kier alpha value is -3.05. The zero-order chi connectivity index (χ0) is 21.8. The SMILES string of the molecule is FC(F)Cn1ncc2ncc(N3C[C@H]4CN(c5ccc(C(F)(F)F)nc5)C[C@@H]4C3)nc21. The zero-order valence-corrected chi connectivity index (χ0v) is 16.2. The van der Waals surface area contributed by atoms with Gasteiger partial charge in [0.15, 0.2) is 5.65 Å². The number of fused-ring (bicyclic) bond motifs is 2. The Morgan fingerprint density at radius 3 is 2.26 bits per heavy atom. The van der Waals surface area contributed by atoms with E-state index in [1.165, 1.54) is 18.5 Å². The third kappa shape index (κ3) is 3.74. The third-order valence-corrected chi connectivity index (χ3v) is 5.86. The molecule has 3 aromatic rings. The third-order valence-electron chi connectivity index (χ3n) is 5.86. The van der Waals surface area contributed by atoms with Gasteiger partial charge in [-0.1, -0.05) is 0 Å². The number of pyridine rings is 1. The van der Waals surface area contributed by atoms with Crippen LogP contribution < -0.4 is 9.80 Å². The van der Waals surface area contributed by atoms with Crippen molar-refractivity contribution in [1.29, 1.82) is 0 Å². The first-order chi connectivity index (χ1) is 14.8. The number of halogens is 5. The van der Waals surface area contributed by atoms with Crippen LogP contribution in [0.4, 0.5) is 33.5 Å². The smallest absolute Gasteiger partial charge is 0.370 e. The fraction of sp³-hybridized carbons (Fsp3) is 0.474. The molecule has 0 amide bonds. The zero-order valence-electron chi connectivity index (χ0n) is 16.2. The molecule has 0 saturated carbocycles. The van der Waals surface area contributed by atoms with E-state index in [-0.39, 0.29) is 0 Å². The molecule has 12 heteroatoms. The molecule has 0 N–H and O–H groups in total. The molecule has 31 heavy (non-hydrogen) atoms. The Morgan fingerprint density at radius 2 is 1.65 bits per heavy atom. The van der Waals surface area contributed by atoms with Crippen LogP contribution >= 0.6 is 0 Å². The van der Waals surface area contributed by atoms with Crippen molar-refractivity contribution < 1.29 is 22.0 Å². The average molecular weight is 439 g/mol. The van der Waals surface area contributed by atoms with Gasteiger partial charge in [0.2, 0.25) is 0 Å². The maximum atomic E-state index is 12.8. The molecule has 0 bridgehead atoms. The maximum absolute atomic E-state index is 12.8. The van der Waals surface area contributed by atoms with Gasteiger partial charge in [0.05, 0.1) is 24.3 Å². The normalized spacial score (nSPS) is 21.5. The van der Waals surface area contributed by atoms with Crippen LogP contribution in [0, 0.1) is 11.8 Å². The predicted molar refractivity (Wildman–Crippen MR) is 102 cm³/mol. The van der Waals surface area contributed by atoms with E-state index in [4.69, 9.17) is 0 Å². The van der Waals surface area contributed by atoms with Gasteiger partial charge in [-0.05, 0) is 12.1 Å². The van der Waals surface area contributed by atoms with Gasteiger partial charge >= 0.3 is 6.18 Å². The summed E-state index contributed by atoms with van der Waals surface area (Å²) in [6.07, 6.45) is -2.68. The summed E-state index contributed by atoms with van der Waals surface area (Å²) in [6, 6.07) is 2.46. The second kappa shape index (κ2) is 7.27. The summed E-state index contributed by atoms with van der Waals surface area (Å²) in [5, 5.41) is 3.94. The van der Waals surface area contributed by atoms with E-state index in [0.717, 1.165) is 10.7 Å². The number of nitrogens with zero attached hydrogens (tertiary/aromatic N) is 7. The summed E-state index contributed by atoms with van der Waals surface area (Å²) in [5.74, 6) is 1.23. The summed E-state index contributed by atoms with van der Waals surface area (Å²) < 4.78 is 64.8. The lowest BCUT2D eigenvalue weighted by atomic mass is 10.0. The molecule has 0 aliphatic carbocycles. The quantitative estimate of drug-likeness (QED) is 0.583. The molecule has 0 radical (unpaired) electrons. The van der Waals surface area contributed by atoms with E-state index in [1.54, 1.807) is 6.20 Å². The molecule has 2 saturated heterocycles. The average Bonchev–Trinajstić information content (AvgIpc) is 3.40. The Balaban J connectivity index is 1.28. The molecule has 0 unspecified atom stereocenters. The Bertz CT molecular complexity index is 1070. The lowest BCUT2D eigenvalue weighted by Crippen LogP contribution is -2.29. The summed E-state index contributed by atoms with van der Waals surface area (Å²) >= 11 is 0. The van der Waals surface area contributed by atoms with Crippen molar-refractivity contribution in [2.24, 2.45) is 11.8 Å². The highest BCUT2D eigenvalue weighted by Crippen LogP contribution is 2.36. The topological polar surface area (TPSA) is 63.0 Å². The number of hydrogen-bond donors (Lipinski definition) is 0. The number of hydrogen-bond acceptors (Lipinski definition) is 6. The molecule has 7 nitrogen and oxygen atoms in total. The van der Waals surface area contributed by atoms with Crippen LogP contribution in [-0.2, 0) is 12.7 Å². The van der Waals surface area contributed by atoms with Gasteiger partial charge < -0.3 is 9.80 Å². The highest BCUT2D eigenvalue weighted by atomic mass is 19.4. The highest BCUT2D eigenvalue weighted by Gasteiger charge is 2.41. The van der Waals surface area contributed by atoms with Crippen LogP contribution in [0.2, 0.25) is 0 Å². The molecule has 0 aromatic carbocycles. The minimum atomic E-state index is -4.45. The van der Waals surface area contributed by atoms with E-state index < -0.39 is 24.8 Å². The largest absolute Gasteiger partial charge is 0.433 e. The first kappa shape index (κ1) is 19.9. The second-order valence-corrected chi connectivity index (χ2v) is 7.88. The molecular formula is C19H18F5N7. The minimum Gasteiger partial charge on any atom is -0.370 e. The lowest BCUT2D eigenvalue weighted by molar-refractivity contribution is -0.141. The van der Waals surface area contributed by atoms with Crippen LogP contribution in [-0.4, -0.2) is 57.3 Å². The van der Waals surface area contributed by atoms with Gasteiger partial charge in [0.1, 0.15) is 23.6 Å². The van der Waals surface area contributed by atoms with Crippen molar-refractivity contribution in [3.05, 3.63) is 36.4 Å². The first-order valence-electron chi connectivity index (χ1n) is 9.78. The van der Waals surface area contributed by atoms with Crippen LogP contribution in [0.15, 0.2) is 30.7 Å². The van der Waals surface area contributed by atoms with Crippen molar-refractivity contribution >= 4 is 22.7 Å². The maximum Gasteiger partial charge on any atom is 0.433 e. The van der Waals surface area contributed by atoms with Crippen molar-refractivity contribution in [2.75, 3.05) is 36.0 Å². The van der Waals surface area contributed by atoms with Gasteiger partial charge in [-0.3, -0.25) is 0 Å². The summed E-state index contributed by atoms with van der Waals surface area (Å²) in [7, 11) is 0. The van der Waals surface area contributed by atoms with Crippen LogP contribution in [0.1, 0.15) is 5.69 Å². The number of rotatable bonds is 4. The second-order valence-electron chi connectivity index (χ2n) is 7.88. The Kier molecular flexibility index (Phi) is 4.67. The molecule has 5 rings (SSSR count). The first-order valence-corrected chi connectivity index (χ1v) is 9.78. The molecule has 2 fully saturated rings. The van der Waals surface area contributed by atoms with Gasteiger partial charge in [-0.2, -0.15) is 18.3 Å². The summed E-state index contributed by atoms with van der Waals surface area (Å²) in [5.41, 5.74) is 0.560. The summed E-state index contributed by atoms with van der Waals surface area (Å²) in [4.78, 5) is 16.5. The van der Waals surface area contributed by atoms with E-state index in [0.29, 0.717) is 60.7 Å². The Morgan fingerprint density at radius 1 is 0.935 bits per heavy atom. The molecule has 2 atom stereocenters. The molecule has 5 heterocycles. The molecule has 164 valence electrons. The molecular weight excluding hydrogens is 421 g/mol. The van der Waals surface area contributed by atoms with Crippen molar-refractivity contribution in [3.63, 3.8) is 0 Å². The standard InChI is InChI=1S/C19H18F5N7/c20-16(21)10-31-18-14(4-27-31)25-5-17(28-18)30-8-11-6-29(7-12(11)9-30)13-1-2-15(26-3-13)19(22,23)24/h1-5,11-12,16H,6-10H2/t11-,12-/m1/s1. The van der Waals surface area contributed by atoms with E-state index >= 15 is 0 Å². The van der Waals surface area contributed by atoms with E-state index in [2.05, 4.69) is 25.0 Å². The monoisotopic (exact) mass is 439 g/mol. The minimum absolute atomic E-state index is 0.311. The molecule has 2 aliphatic rings. The van der Waals surface area contributed by atoms with Gasteiger partial charge in [0, 0.05) is 38.0 Å². The number of aromatic nitrogens is 5. The van der Waals surface area contributed by atoms with Crippen molar-refractivity contribution in [3.8, 4) is 0 Å². The van der Waals surface area contributed by atoms with E-state index in [9.17, 15) is 22.0 Å². The van der Waals surface area contributed by atoms with Crippen LogP contribution in [0.25, 0.3) is 11.2 Å². The fourth-order valence-electron chi connectivity index (χ4n) is 4.39. The number of alkyl halides is 5. The summed E-state index contributed by atoms with van der Waals surface area (Å²) in [6.45, 7) is 2.28. The Labute approximate surface area is 173 Å². The lowest BCUT2D eigenvalue weighted by Gasteiger charge is -2.23. The molecule has 3 aromatic heterocycles. The van der Waals surface area contributed by atoms with Gasteiger partial charge in [0.25, 0.3) is 6.43 Å². The van der Waals surface area contributed by atoms with Gasteiger partial charge in [-0.15, -0.1) is 0 Å². The van der Waals surface area contributed by atoms with Crippen molar-refractivity contribution in [1.82, 2.24) is 24.7 Å². The predicted octanol–water partition coefficient (Wildman–Crippen LogP) is 3.08. The van der Waals surface area contributed by atoms with E-state index in [1.807, 2.05) is 4.90 Å². The fourth-order valence-corrected chi connectivity index (χ4v) is 4.39. The number of anilines is 2. The highest BCUT2D eigenvalue weighted by molar-refractivity contribution is 5.71. The van der Waals surface area contributed by atoms with Gasteiger partial charge in [-0.25, -0.2) is 28.4 Å². The molecule has 2 aliphatic heterocycles. The van der Waals surface area contributed by atoms with Crippen LogP contribution in [0.3, 0.4) is 0 Å². The van der Waals surface area contributed by atoms with Crippen molar-refractivity contribution in [2.45, 2.75) is 19.1 Å².